The maximum atomic E-state index is 5.42. The SMILES string of the molecule is CC(C)c1ccccc1C(Cc1c(C(C)C)cccc1C(C)C)c1cccc(-c2cccc3ccccc23)n1. The van der Waals surface area contributed by atoms with Gasteiger partial charge in [0, 0.05) is 17.2 Å². The van der Waals surface area contributed by atoms with Crippen molar-refractivity contribution in [2.45, 2.75) is 71.6 Å². The summed E-state index contributed by atoms with van der Waals surface area (Å²) in [4.78, 5) is 5.42. The molecule has 0 fully saturated rings. The molecule has 1 nitrogen and oxygen atoms in total. The summed E-state index contributed by atoms with van der Waals surface area (Å²) in [6, 6.07) is 37.7. The van der Waals surface area contributed by atoms with Crippen molar-refractivity contribution < 1.29 is 0 Å². The average molecular weight is 512 g/mol. The van der Waals surface area contributed by atoms with E-state index in [-0.39, 0.29) is 5.92 Å². The van der Waals surface area contributed by atoms with Gasteiger partial charge in [-0.25, -0.2) is 0 Å². The smallest absolute Gasteiger partial charge is 0.0711 e. The van der Waals surface area contributed by atoms with E-state index in [0.717, 1.165) is 17.8 Å². The maximum Gasteiger partial charge on any atom is 0.0711 e. The quantitative estimate of drug-likeness (QED) is 0.202. The number of pyridine rings is 1. The Balaban J connectivity index is 1.71. The van der Waals surface area contributed by atoms with Crippen molar-refractivity contribution in [2.75, 3.05) is 0 Å². The van der Waals surface area contributed by atoms with Crippen molar-refractivity contribution >= 4 is 10.8 Å². The molecular weight excluding hydrogens is 470 g/mol. The Bertz CT molecular complexity index is 1540. The van der Waals surface area contributed by atoms with Crippen LogP contribution < -0.4 is 0 Å². The molecule has 0 aliphatic heterocycles. The van der Waals surface area contributed by atoms with Gasteiger partial charge in [-0.15, -0.1) is 0 Å². The summed E-state index contributed by atoms with van der Waals surface area (Å²) in [7, 11) is 0. The van der Waals surface area contributed by atoms with Crippen LogP contribution in [0.3, 0.4) is 0 Å². The Morgan fingerprint density at radius 2 is 1.05 bits per heavy atom. The molecule has 0 amide bonds. The van der Waals surface area contributed by atoms with Gasteiger partial charge < -0.3 is 0 Å². The Morgan fingerprint density at radius 3 is 1.74 bits per heavy atom. The van der Waals surface area contributed by atoms with Crippen molar-refractivity contribution in [3.63, 3.8) is 0 Å². The molecule has 0 N–H and O–H groups in total. The molecule has 0 spiro atoms. The topological polar surface area (TPSA) is 12.9 Å². The Labute approximate surface area is 235 Å². The van der Waals surface area contributed by atoms with E-state index in [0.29, 0.717) is 17.8 Å². The molecule has 1 unspecified atom stereocenters. The number of fused-ring (bicyclic) bond motifs is 1. The van der Waals surface area contributed by atoms with Gasteiger partial charge in [0.15, 0.2) is 0 Å². The van der Waals surface area contributed by atoms with Gasteiger partial charge in [0.25, 0.3) is 0 Å². The fourth-order valence-electron chi connectivity index (χ4n) is 6.12. The van der Waals surface area contributed by atoms with Crippen LogP contribution in [0.15, 0.2) is 103 Å². The first-order valence-corrected chi connectivity index (χ1v) is 14.5. The molecule has 4 aromatic carbocycles. The number of rotatable bonds is 8. The van der Waals surface area contributed by atoms with Crippen LogP contribution in [-0.2, 0) is 6.42 Å². The number of nitrogens with zero attached hydrogens (tertiary/aromatic N) is 1. The van der Waals surface area contributed by atoms with Gasteiger partial charge in [-0.2, -0.15) is 0 Å². The third-order valence-electron chi connectivity index (χ3n) is 8.09. The zero-order chi connectivity index (χ0) is 27.5. The molecular formula is C38H41N. The molecule has 39 heavy (non-hydrogen) atoms. The number of hydrogen-bond acceptors (Lipinski definition) is 1. The third kappa shape index (κ3) is 5.55. The van der Waals surface area contributed by atoms with Crippen LogP contribution in [-0.4, -0.2) is 4.98 Å². The molecule has 0 aliphatic carbocycles. The van der Waals surface area contributed by atoms with E-state index in [9.17, 15) is 0 Å². The fraction of sp³-hybridized carbons (Fsp3) is 0.289. The van der Waals surface area contributed by atoms with Gasteiger partial charge in [-0.1, -0.05) is 133 Å². The molecule has 1 aromatic heterocycles. The van der Waals surface area contributed by atoms with E-state index >= 15 is 0 Å². The molecule has 5 rings (SSSR count). The lowest BCUT2D eigenvalue weighted by molar-refractivity contribution is 0.710. The normalized spacial score (nSPS) is 12.5. The lowest BCUT2D eigenvalue weighted by Gasteiger charge is -2.27. The van der Waals surface area contributed by atoms with E-state index < -0.39 is 0 Å². The standard InChI is InChI=1S/C38H41N/c1-25(2)29-16-9-10-18-33(29)36(24-35-30(26(3)4)19-12-20-31(35)27(5)6)38-23-13-22-37(39-38)34-21-11-15-28-14-7-8-17-32(28)34/h7-23,25-27,36H,24H2,1-6H3. The lowest BCUT2D eigenvalue weighted by Crippen LogP contribution is -2.14. The zero-order valence-electron chi connectivity index (χ0n) is 24.3. The summed E-state index contributed by atoms with van der Waals surface area (Å²) in [5.74, 6) is 1.54. The number of benzene rings is 4. The van der Waals surface area contributed by atoms with Crippen LogP contribution in [0.4, 0.5) is 0 Å². The van der Waals surface area contributed by atoms with Crippen LogP contribution in [0.5, 0.6) is 0 Å². The number of aromatic nitrogens is 1. The van der Waals surface area contributed by atoms with Crippen molar-refractivity contribution in [2.24, 2.45) is 0 Å². The van der Waals surface area contributed by atoms with E-state index in [4.69, 9.17) is 4.98 Å². The number of hydrogen-bond donors (Lipinski definition) is 0. The van der Waals surface area contributed by atoms with E-state index in [1.54, 1.807) is 0 Å². The molecule has 0 aliphatic rings. The monoisotopic (exact) mass is 511 g/mol. The minimum atomic E-state index is 0.163. The second-order valence-corrected chi connectivity index (χ2v) is 11.7. The Morgan fingerprint density at radius 1 is 0.513 bits per heavy atom. The third-order valence-corrected chi connectivity index (χ3v) is 8.09. The highest BCUT2D eigenvalue weighted by molar-refractivity contribution is 5.95. The van der Waals surface area contributed by atoms with Crippen LogP contribution in [0, 0.1) is 0 Å². The minimum Gasteiger partial charge on any atom is -0.252 e. The molecule has 1 heteroatoms. The maximum absolute atomic E-state index is 5.42. The molecule has 0 saturated carbocycles. The van der Waals surface area contributed by atoms with Crippen LogP contribution in [0.25, 0.3) is 22.0 Å². The second kappa shape index (κ2) is 11.6. The molecule has 0 saturated heterocycles. The molecule has 198 valence electrons. The van der Waals surface area contributed by atoms with Crippen LogP contribution in [0.2, 0.25) is 0 Å². The Kier molecular flexibility index (Phi) is 7.98. The predicted octanol–water partition coefficient (Wildman–Crippen LogP) is 10.6. The summed E-state index contributed by atoms with van der Waals surface area (Å²) in [5.41, 5.74) is 10.6. The van der Waals surface area contributed by atoms with Crippen molar-refractivity contribution in [1.82, 2.24) is 4.98 Å². The van der Waals surface area contributed by atoms with Gasteiger partial charge >= 0.3 is 0 Å². The molecule has 0 bridgehead atoms. The lowest BCUT2D eigenvalue weighted by atomic mass is 9.78. The van der Waals surface area contributed by atoms with Crippen LogP contribution >= 0.6 is 0 Å². The highest BCUT2D eigenvalue weighted by Crippen LogP contribution is 2.38. The van der Waals surface area contributed by atoms with Crippen LogP contribution in [0.1, 0.15) is 98.7 Å². The van der Waals surface area contributed by atoms with Crippen molar-refractivity contribution in [1.29, 1.82) is 0 Å². The van der Waals surface area contributed by atoms with Crippen molar-refractivity contribution in [3.05, 3.63) is 137 Å². The highest BCUT2D eigenvalue weighted by atomic mass is 14.7. The second-order valence-electron chi connectivity index (χ2n) is 11.7. The van der Waals surface area contributed by atoms with Gasteiger partial charge in [0.05, 0.1) is 5.69 Å². The van der Waals surface area contributed by atoms with Gasteiger partial charge in [0.2, 0.25) is 0 Å². The molecule has 5 aromatic rings. The summed E-state index contributed by atoms with van der Waals surface area (Å²) in [6.45, 7) is 13.9. The molecule has 0 radical (unpaired) electrons. The summed E-state index contributed by atoms with van der Waals surface area (Å²) in [6.07, 6.45) is 0.942. The summed E-state index contributed by atoms with van der Waals surface area (Å²) in [5, 5.41) is 2.49. The van der Waals surface area contributed by atoms with Crippen molar-refractivity contribution in [3.8, 4) is 11.3 Å². The largest absolute Gasteiger partial charge is 0.252 e. The van der Waals surface area contributed by atoms with E-state index in [2.05, 4.69) is 145 Å². The molecule has 1 heterocycles. The predicted molar refractivity (Wildman–Crippen MR) is 168 cm³/mol. The van der Waals surface area contributed by atoms with Gasteiger partial charge in [0.1, 0.15) is 0 Å². The van der Waals surface area contributed by atoms with E-state index in [1.165, 1.54) is 44.2 Å². The van der Waals surface area contributed by atoms with E-state index in [1.807, 2.05) is 0 Å². The summed E-state index contributed by atoms with van der Waals surface area (Å²) < 4.78 is 0. The zero-order valence-corrected chi connectivity index (χ0v) is 24.3. The highest BCUT2D eigenvalue weighted by Gasteiger charge is 2.25. The fourth-order valence-corrected chi connectivity index (χ4v) is 6.12. The first-order chi connectivity index (χ1) is 18.8. The molecule has 1 atom stereocenters. The minimum absolute atomic E-state index is 0.163. The van der Waals surface area contributed by atoms with Gasteiger partial charge in [-0.3, -0.25) is 4.98 Å². The van der Waals surface area contributed by atoms with Gasteiger partial charge in [-0.05, 0) is 74.9 Å². The first kappa shape index (κ1) is 26.9. The summed E-state index contributed by atoms with van der Waals surface area (Å²) >= 11 is 0. The Hall–Kier alpha value is -3.71. The first-order valence-electron chi connectivity index (χ1n) is 14.5. The average Bonchev–Trinajstić information content (AvgIpc) is 2.95.